The molecule has 0 amide bonds. The molecule has 1 fully saturated rings. The Hall–Kier alpha value is -0.470. The van der Waals surface area contributed by atoms with E-state index in [1.54, 1.807) is 12.1 Å². The fourth-order valence-electron chi connectivity index (χ4n) is 1.97. The van der Waals surface area contributed by atoms with E-state index in [4.69, 9.17) is 11.6 Å². The van der Waals surface area contributed by atoms with Crippen molar-refractivity contribution in [2.75, 3.05) is 17.3 Å². The minimum Gasteiger partial charge on any atom is -0.289 e. The summed E-state index contributed by atoms with van der Waals surface area (Å²) in [6.07, 6.45) is 3.94. The lowest BCUT2D eigenvalue weighted by atomic mass is 10.1. The van der Waals surface area contributed by atoms with Crippen LogP contribution in [0.4, 0.5) is 0 Å². The van der Waals surface area contributed by atoms with Crippen LogP contribution >= 0.6 is 11.6 Å². The molecule has 1 aliphatic heterocycles. The molecule has 0 aromatic heterocycles. The first-order valence-electron chi connectivity index (χ1n) is 5.68. The Morgan fingerprint density at radius 1 is 1.25 bits per heavy atom. The molecule has 16 heavy (non-hydrogen) atoms. The van der Waals surface area contributed by atoms with E-state index in [2.05, 4.69) is 0 Å². The van der Waals surface area contributed by atoms with Gasteiger partial charge in [0.15, 0.2) is 5.75 Å². The van der Waals surface area contributed by atoms with Crippen LogP contribution in [-0.2, 0) is 10.9 Å². The molecule has 0 spiro atoms. The van der Waals surface area contributed by atoms with Gasteiger partial charge in [0.2, 0.25) is 5.78 Å². The second-order valence-electron chi connectivity index (χ2n) is 4.16. The highest BCUT2D eigenvalue weighted by Gasteiger charge is 2.25. The van der Waals surface area contributed by atoms with Crippen molar-refractivity contribution in [3.63, 3.8) is 0 Å². The van der Waals surface area contributed by atoms with E-state index in [1.165, 1.54) is 30.8 Å². The van der Waals surface area contributed by atoms with Crippen LogP contribution < -0.4 is 0 Å². The maximum atomic E-state index is 12.0. The molecule has 2 rings (SSSR count). The van der Waals surface area contributed by atoms with Crippen LogP contribution in [0.15, 0.2) is 24.3 Å². The molecule has 1 aliphatic rings. The van der Waals surface area contributed by atoms with E-state index in [0.717, 1.165) is 11.3 Å². The van der Waals surface area contributed by atoms with Crippen molar-refractivity contribution in [1.29, 1.82) is 0 Å². The van der Waals surface area contributed by atoms with Gasteiger partial charge < -0.3 is 0 Å². The Labute approximate surface area is 105 Å². The van der Waals surface area contributed by atoms with Crippen LogP contribution in [0.25, 0.3) is 0 Å². The van der Waals surface area contributed by atoms with Crippen molar-refractivity contribution in [3.05, 3.63) is 34.9 Å². The molecule has 0 saturated carbocycles. The third kappa shape index (κ3) is 3.26. The van der Waals surface area contributed by atoms with Crippen molar-refractivity contribution >= 4 is 28.3 Å². The van der Waals surface area contributed by atoms with Crippen molar-refractivity contribution in [2.45, 2.75) is 19.3 Å². The van der Waals surface area contributed by atoms with Gasteiger partial charge in [-0.2, -0.15) is 0 Å². The van der Waals surface area contributed by atoms with Crippen molar-refractivity contribution in [2.24, 2.45) is 0 Å². The molecule has 1 aromatic rings. The number of benzene rings is 1. The topological polar surface area (TPSA) is 17.1 Å². The molecular formula is C13H16ClOS+. The summed E-state index contributed by atoms with van der Waals surface area (Å²) < 4.78 is 0. The van der Waals surface area contributed by atoms with Crippen LogP contribution in [0.5, 0.6) is 0 Å². The first-order valence-corrected chi connectivity index (χ1v) is 7.79. The Morgan fingerprint density at radius 2 is 2.00 bits per heavy atom. The lowest BCUT2D eigenvalue weighted by Crippen LogP contribution is -2.25. The highest BCUT2D eigenvalue weighted by molar-refractivity contribution is 7.97. The molecule has 1 aromatic carbocycles. The maximum absolute atomic E-state index is 12.0. The molecule has 1 nitrogen and oxygen atoms in total. The predicted molar refractivity (Wildman–Crippen MR) is 71.6 cm³/mol. The summed E-state index contributed by atoms with van der Waals surface area (Å²) in [6, 6.07) is 7.29. The molecule has 0 aliphatic carbocycles. The van der Waals surface area contributed by atoms with Crippen LogP contribution in [0.3, 0.4) is 0 Å². The second-order valence-corrected chi connectivity index (χ2v) is 6.93. The van der Waals surface area contributed by atoms with Gasteiger partial charge in [0, 0.05) is 10.6 Å². The molecule has 1 saturated heterocycles. The molecule has 0 atom stereocenters. The average Bonchev–Trinajstić information content (AvgIpc) is 2.30. The fourth-order valence-corrected chi connectivity index (χ4v) is 4.41. The van der Waals surface area contributed by atoms with E-state index in [0.29, 0.717) is 15.9 Å². The molecular weight excluding hydrogens is 240 g/mol. The molecule has 0 N–H and O–H groups in total. The first kappa shape index (κ1) is 12.0. The monoisotopic (exact) mass is 255 g/mol. The number of rotatable bonds is 3. The molecule has 0 unspecified atom stereocenters. The normalized spacial score (nSPS) is 17.3. The number of carbonyl (C=O) groups excluding carboxylic acids is 1. The van der Waals surface area contributed by atoms with E-state index in [9.17, 15) is 4.79 Å². The molecule has 0 bridgehead atoms. The predicted octanol–water partition coefficient (Wildman–Crippen LogP) is 3.32. The number of carbonyl (C=O) groups is 1. The quantitative estimate of drug-likeness (QED) is 0.598. The van der Waals surface area contributed by atoms with Gasteiger partial charge in [0.25, 0.3) is 0 Å². The van der Waals surface area contributed by atoms with Crippen molar-refractivity contribution in [3.8, 4) is 0 Å². The Bertz CT molecular complexity index is 372. The van der Waals surface area contributed by atoms with Gasteiger partial charge in [-0.15, -0.1) is 0 Å². The average molecular weight is 256 g/mol. The molecule has 3 heteroatoms. The number of halogens is 1. The Balaban J connectivity index is 1.97. The lowest BCUT2D eigenvalue weighted by Gasteiger charge is -2.12. The zero-order valence-electron chi connectivity index (χ0n) is 9.25. The van der Waals surface area contributed by atoms with E-state index < -0.39 is 0 Å². The van der Waals surface area contributed by atoms with Crippen molar-refractivity contribution in [1.82, 2.24) is 0 Å². The fraction of sp³-hybridized carbons (Fsp3) is 0.462. The smallest absolute Gasteiger partial charge is 0.211 e. The molecule has 1 heterocycles. The first-order chi connectivity index (χ1) is 7.75. The summed E-state index contributed by atoms with van der Waals surface area (Å²) in [6.45, 7) is 0. The van der Waals surface area contributed by atoms with Gasteiger partial charge in [0.05, 0.1) is 0 Å². The van der Waals surface area contributed by atoms with Gasteiger partial charge in [-0.25, -0.2) is 0 Å². The minimum atomic E-state index is 0.257. The third-order valence-electron chi connectivity index (χ3n) is 2.85. The summed E-state index contributed by atoms with van der Waals surface area (Å²) in [5.41, 5.74) is 0.769. The summed E-state index contributed by atoms with van der Waals surface area (Å²) in [5, 5.41) is 0.651. The summed E-state index contributed by atoms with van der Waals surface area (Å²) in [4.78, 5) is 12.0. The number of hydrogen-bond donors (Lipinski definition) is 0. The molecule has 0 radical (unpaired) electrons. The van der Waals surface area contributed by atoms with E-state index >= 15 is 0 Å². The zero-order valence-corrected chi connectivity index (χ0v) is 10.8. The minimum absolute atomic E-state index is 0.257. The SMILES string of the molecule is O=C(C[S+]1CCCCC1)c1cccc(Cl)c1. The van der Waals surface area contributed by atoms with Gasteiger partial charge in [0.1, 0.15) is 11.5 Å². The van der Waals surface area contributed by atoms with Gasteiger partial charge in [-0.3, -0.25) is 4.79 Å². The van der Waals surface area contributed by atoms with E-state index in [1.807, 2.05) is 12.1 Å². The third-order valence-corrected chi connectivity index (χ3v) is 5.49. The summed E-state index contributed by atoms with van der Waals surface area (Å²) in [7, 11) is 0.326. The Morgan fingerprint density at radius 3 is 2.69 bits per heavy atom. The van der Waals surface area contributed by atoms with Gasteiger partial charge in [-0.1, -0.05) is 23.7 Å². The number of Topliss-reactive ketones (excluding diaryl/α,β-unsaturated/α-hetero) is 1. The van der Waals surface area contributed by atoms with Crippen LogP contribution in [0, 0.1) is 0 Å². The van der Waals surface area contributed by atoms with Crippen LogP contribution in [-0.4, -0.2) is 23.0 Å². The largest absolute Gasteiger partial charge is 0.289 e. The highest BCUT2D eigenvalue weighted by Crippen LogP contribution is 2.17. The number of ketones is 1. The van der Waals surface area contributed by atoms with Crippen LogP contribution in [0.2, 0.25) is 5.02 Å². The van der Waals surface area contributed by atoms with Gasteiger partial charge in [-0.05, 0) is 42.3 Å². The highest BCUT2D eigenvalue weighted by atomic mass is 35.5. The standard InChI is InChI=1S/C13H16ClOS/c14-12-6-4-5-11(9-12)13(15)10-16-7-2-1-3-8-16/h4-6,9H,1-3,7-8,10H2/q+1. The summed E-state index contributed by atoms with van der Waals surface area (Å²) >= 11 is 5.88. The lowest BCUT2D eigenvalue weighted by molar-refractivity contribution is 0.102. The van der Waals surface area contributed by atoms with Crippen molar-refractivity contribution < 1.29 is 4.79 Å². The Kier molecular flexibility index (Phi) is 4.30. The zero-order chi connectivity index (χ0) is 11.4. The summed E-state index contributed by atoms with van der Waals surface area (Å²) in [5.74, 6) is 3.46. The molecule has 86 valence electrons. The maximum Gasteiger partial charge on any atom is 0.211 e. The number of hydrogen-bond acceptors (Lipinski definition) is 1. The second kappa shape index (κ2) is 5.74. The van der Waals surface area contributed by atoms with Gasteiger partial charge >= 0.3 is 0 Å². The van der Waals surface area contributed by atoms with E-state index in [-0.39, 0.29) is 5.78 Å². The van der Waals surface area contributed by atoms with Crippen LogP contribution in [0.1, 0.15) is 29.6 Å².